The van der Waals surface area contributed by atoms with Crippen molar-refractivity contribution < 1.29 is 4.79 Å². The van der Waals surface area contributed by atoms with Crippen molar-refractivity contribution in [3.63, 3.8) is 0 Å². The largest absolute Gasteiger partial charge is 0.393 e. The fourth-order valence-corrected chi connectivity index (χ4v) is 1.19. The van der Waals surface area contributed by atoms with Crippen LogP contribution >= 0.6 is 11.8 Å². The predicted octanol–water partition coefficient (Wildman–Crippen LogP) is 1.40. The van der Waals surface area contributed by atoms with Gasteiger partial charge in [0.05, 0.1) is 10.8 Å². The maximum atomic E-state index is 10.7. The van der Waals surface area contributed by atoms with Gasteiger partial charge in [0.25, 0.3) is 0 Å². The number of carbonyl (C=O) groups excluding carboxylic acids is 1. The molecule has 0 aromatic rings. The normalized spacial score (nSPS) is 10.1. The minimum absolute atomic E-state index is 0.164. The predicted molar refractivity (Wildman–Crippen MR) is 58.2 cm³/mol. The molecule has 0 aliphatic heterocycles. The Balaban J connectivity index is 3.82. The van der Waals surface area contributed by atoms with Gasteiger partial charge in [-0.2, -0.15) is 0 Å². The molecule has 4 heteroatoms. The van der Waals surface area contributed by atoms with Crippen molar-refractivity contribution in [3.8, 4) is 0 Å². The Morgan fingerprint density at radius 2 is 2.31 bits per heavy atom. The van der Waals surface area contributed by atoms with E-state index in [1.54, 1.807) is 13.1 Å². The molecule has 0 aromatic carbocycles. The molecular formula is C9H16N2OS. The van der Waals surface area contributed by atoms with Crippen LogP contribution in [0.5, 0.6) is 0 Å². The van der Waals surface area contributed by atoms with Crippen molar-refractivity contribution in [1.82, 2.24) is 10.2 Å². The van der Waals surface area contributed by atoms with Crippen LogP contribution in [-0.4, -0.2) is 30.5 Å². The number of hydrogen-bond acceptors (Lipinski definition) is 4. The zero-order valence-corrected chi connectivity index (χ0v) is 9.15. The van der Waals surface area contributed by atoms with Crippen LogP contribution in [0.25, 0.3) is 0 Å². The Kier molecular flexibility index (Phi) is 6.14. The third-order valence-corrected chi connectivity index (χ3v) is 2.47. The molecule has 0 aromatic heterocycles. The third kappa shape index (κ3) is 6.28. The summed E-state index contributed by atoms with van der Waals surface area (Å²) in [6.07, 6.45) is 3.66. The summed E-state index contributed by atoms with van der Waals surface area (Å²) in [4.78, 5) is 12.5. The number of nitrogens with zero attached hydrogens (tertiary/aromatic N) is 1. The lowest BCUT2D eigenvalue weighted by Crippen LogP contribution is -2.09. The number of ketones is 1. The lowest BCUT2D eigenvalue weighted by molar-refractivity contribution is -0.114. The molecule has 0 aliphatic carbocycles. The summed E-state index contributed by atoms with van der Waals surface area (Å²) >= 11 is 1.45. The van der Waals surface area contributed by atoms with Crippen LogP contribution in [0.4, 0.5) is 0 Å². The minimum Gasteiger partial charge on any atom is -0.393 e. The zero-order valence-electron chi connectivity index (χ0n) is 8.33. The van der Waals surface area contributed by atoms with Gasteiger partial charge in [-0.15, -0.1) is 11.8 Å². The van der Waals surface area contributed by atoms with E-state index >= 15 is 0 Å². The molecular weight excluding hydrogens is 184 g/mol. The summed E-state index contributed by atoms with van der Waals surface area (Å²) in [7, 11) is 3.72. The molecule has 74 valence electrons. The number of carbonyl (C=O) groups is 1. The Morgan fingerprint density at radius 3 is 2.77 bits per heavy atom. The van der Waals surface area contributed by atoms with Gasteiger partial charge >= 0.3 is 0 Å². The van der Waals surface area contributed by atoms with E-state index < -0.39 is 0 Å². The molecule has 0 bridgehead atoms. The van der Waals surface area contributed by atoms with Crippen LogP contribution in [0.15, 0.2) is 24.0 Å². The molecule has 0 spiro atoms. The molecule has 3 nitrogen and oxygen atoms in total. The first kappa shape index (κ1) is 12.1. The van der Waals surface area contributed by atoms with E-state index in [1.165, 1.54) is 11.8 Å². The second kappa shape index (κ2) is 6.60. The van der Waals surface area contributed by atoms with Crippen LogP contribution in [0.2, 0.25) is 0 Å². The Hall–Kier alpha value is -0.900. The maximum absolute atomic E-state index is 10.7. The quantitative estimate of drug-likeness (QED) is 0.702. The number of hydrogen-bond donors (Lipinski definition) is 1. The van der Waals surface area contributed by atoms with Crippen molar-refractivity contribution in [2.24, 2.45) is 0 Å². The van der Waals surface area contributed by atoms with Crippen LogP contribution in [-0.2, 0) is 4.79 Å². The average molecular weight is 200 g/mol. The van der Waals surface area contributed by atoms with E-state index in [9.17, 15) is 4.79 Å². The molecule has 0 rings (SSSR count). The number of nitrogens with one attached hydrogen (secondary N) is 1. The molecule has 0 radical (unpaired) electrons. The van der Waals surface area contributed by atoms with Crippen molar-refractivity contribution in [2.45, 2.75) is 6.92 Å². The first-order valence-electron chi connectivity index (χ1n) is 3.96. The highest BCUT2D eigenvalue weighted by Crippen LogP contribution is 2.16. The molecule has 0 saturated heterocycles. The minimum atomic E-state index is 0.164. The average Bonchev–Trinajstić information content (AvgIpc) is 2.10. The number of Topliss-reactive ketones (excluding diaryl/α,β-unsaturated/α-hetero) is 1. The second-order valence-electron chi connectivity index (χ2n) is 2.60. The summed E-state index contributed by atoms with van der Waals surface area (Å²) in [6.45, 7) is 5.41. The smallest absolute Gasteiger partial charge is 0.140 e. The van der Waals surface area contributed by atoms with Gasteiger partial charge in [0, 0.05) is 26.5 Å². The summed E-state index contributed by atoms with van der Waals surface area (Å²) in [5, 5.41) is 3.74. The highest BCUT2D eigenvalue weighted by molar-refractivity contribution is 8.03. The van der Waals surface area contributed by atoms with E-state index in [0.29, 0.717) is 5.75 Å². The van der Waals surface area contributed by atoms with E-state index in [1.807, 2.05) is 25.2 Å². The molecule has 0 heterocycles. The van der Waals surface area contributed by atoms with E-state index in [0.717, 1.165) is 5.03 Å². The molecule has 1 N–H and O–H groups in total. The third-order valence-electron chi connectivity index (χ3n) is 1.30. The molecule has 0 unspecified atom stereocenters. The fraction of sp³-hybridized carbons (Fsp3) is 0.444. The lowest BCUT2D eigenvalue weighted by Gasteiger charge is -2.15. The van der Waals surface area contributed by atoms with Crippen molar-refractivity contribution >= 4 is 17.5 Å². The van der Waals surface area contributed by atoms with Crippen LogP contribution < -0.4 is 5.32 Å². The lowest BCUT2D eigenvalue weighted by atomic mass is 10.5. The summed E-state index contributed by atoms with van der Waals surface area (Å²) in [6, 6.07) is 0. The fourth-order valence-electron chi connectivity index (χ4n) is 0.556. The SMILES string of the molecule is C=C(SCC(C)=O)N(C)/C=C\NC. The van der Waals surface area contributed by atoms with Crippen LogP contribution in [0.3, 0.4) is 0 Å². The molecule has 0 saturated carbocycles. The van der Waals surface area contributed by atoms with Gasteiger partial charge in [0.15, 0.2) is 0 Å². The van der Waals surface area contributed by atoms with Crippen molar-refractivity contribution in [1.29, 1.82) is 0 Å². The number of rotatable bonds is 6. The molecule has 0 aliphatic rings. The van der Waals surface area contributed by atoms with Gasteiger partial charge in [-0.1, -0.05) is 6.58 Å². The summed E-state index contributed by atoms with van der Waals surface area (Å²) < 4.78 is 0. The Bertz CT molecular complexity index is 214. The van der Waals surface area contributed by atoms with Gasteiger partial charge in [0.2, 0.25) is 0 Å². The molecule has 0 amide bonds. The van der Waals surface area contributed by atoms with Crippen LogP contribution in [0.1, 0.15) is 6.92 Å². The monoisotopic (exact) mass is 200 g/mol. The van der Waals surface area contributed by atoms with Gasteiger partial charge in [-0.05, 0) is 6.92 Å². The Morgan fingerprint density at radius 1 is 1.69 bits per heavy atom. The van der Waals surface area contributed by atoms with Crippen LogP contribution in [0, 0.1) is 0 Å². The summed E-state index contributed by atoms with van der Waals surface area (Å²) in [5.74, 6) is 0.647. The highest BCUT2D eigenvalue weighted by atomic mass is 32.2. The topological polar surface area (TPSA) is 32.3 Å². The number of thioether (sulfide) groups is 1. The first-order chi connectivity index (χ1) is 6.07. The maximum Gasteiger partial charge on any atom is 0.140 e. The van der Waals surface area contributed by atoms with Crippen molar-refractivity contribution in [3.05, 3.63) is 24.0 Å². The second-order valence-corrected chi connectivity index (χ2v) is 3.65. The van der Waals surface area contributed by atoms with Gasteiger partial charge in [0.1, 0.15) is 5.78 Å². The molecule has 13 heavy (non-hydrogen) atoms. The molecule has 0 atom stereocenters. The van der Waals surface area contributed by atoms with E-state index in [-0.39, 0.29) is 5.78 Å². The zero-order chi connectivity index (χ0) is 10.3. The Labute approximate surface area is 83.9 Å². The van der Waals surface area contributed by atoms with Gasteiger partial charge in [-0.3, -0.25) is 4.79 Å². The van der Waals surface area contributed by atoms with Gasteiger partial charge < -0.3 is 10.2 Å². The first-order valence-corrected chi connectivity index (χ1v) is 4.94. The van der Waals surface area contributed by atoms with Gasteiger partial charge in [-0.25, -0.2) is 0 Å². The highest BCUT2D eigenvalue weighted by Gasteiger charge is 2.00. The van der Waals surface area contributed by atoms with Crippen molar-refractivity contribution in [2.75, 3.05) is 19.8 Å². The van der Waals surface area contributed by atoms with E-state index in [2.05, 4.69) is 11.9 Å². The molecule has 0 fully saturated rings. The van der Waals surface area contributed by atoms with E-state index in [4.69, 9.17) is 0 Å². The standard InChI is InChI=1S/C9H16N2OS/c1-8(12)7-13-9(2)11(4)6-5-10-3/h5-6,10H,2,7H2,1,3-4H3/b6-5-. The summed E-state index contributed by atoms with van der Waals surface area (Å²) in [5.41, 5.74) is 0.